The lowest BCUT2D eigenvalue weighted by atomic mass is 10.0. The molecule has 102 valence electrons. The maximum Gasteiger partial charge on any atom is 0.0827 e. The second-order valence-corrected chi connectivity index (χ2v) is 5.89. The van der Waals surface area contributed by atoms with Gasteiger partial charge in [0.1, 0.15) is 0 Å². The maximum atomic E-state index is 10.0. The van der Waals surface area contributed by atoms with Crippen LogP contribution < -0.4 is 0 Å². The van der Waals surface area contributed by atoms with Crippen LogP contribution in [0.1, 0.15) is 31.1 Å². The molecule has 1 aromatic carbocycles. The number of benzene rings is 1. The normalized spacial score (nSPS) is 12.9. The predicted octanol–water partition coefficient (Wildman–Crippen LogP) is 4.53. The lowest BCUT2D eigenvalue weighted by Crippen LogP contribution is -2.04. The van der Waals surface area contributed by atoms with E-state index in [1.807, 2.05) is 49.0 Å². The van der Waals surface area contributed by atoms with Crippen molar-refractivity contribution >= 4 is 23.2 Å². The van der Waals surface area contributed by atoms with Crippen molar-refractivity contribution in [3.63, 3.8) is 0 Å². The second-order valence-electron chi connectivity index (χ2n) is 5.04. The summed E-state index contributed by atoms with van der Waals surface area (Å²) in [6.07, 6.45) is 3.48. The molecule has 0 fully saturated rings. The Morgan fingerprint density at radius 1 is 1.21 bits per heavy atom. The molecule has 0 saturated heterocycles. The van der Waals surface area contributed by atoms with Crippen LogP contribution in [0.15, 0.2) is 36.7 Å². The number of aliphatic hydroxyl groups excluding tert-OH is 1. The Hall–Kier alpha value is -0.960. The topological polar surface area (TPSA) is 25.2 Å². The van der Waals surface area contributed by atoms with Crippen LogP contribution in [-0.2, 0) is 6.54 Å². The zero-order valence-electron chi connectivity index (χ0n) is 11.0. The van der Waals surface area contributed by atoms with Gasteiger partial charge in [-0.15, -0.1) is 0 Å². The van der Waals surface area contributed by atoms with Crippen LogP contribution >= 0.6 is 23.2 Å². The van der Waals surface area contributed by atoms with Crippen LogP contribution in [0.4, 0.5) is 0 Å². The minimum atomic E-state index is -0.429. The van der Waals surface area contributed by atoms with Crippen molar-refractivity contribution in [3.05, 3.63) is 57.8 Å². The van der Waals surface area contributed by atoms with E-state index in [2.05, 4.69) is 0 Å². The molecule has 0 bridgehead atoms. The van der Waals surface area contributed by atoms with Gasteiger partial charge in [-0.1, -0.05) is 43.1 Å². The quantitative estimate of drug-likeness (QED) is 0.881. The number of aliphatic hydroxyl groups is 1. The first-order chi connectivity index (χ1) is 8.97. The Labute approximate surface area is 123 Å². The molecule has 1 atom stereocenters. The van der Waals surface area contributed by atoms with E-state index < -0.39 is 6.10 Å². The van der Waals surface area contributed by atoms with Crippen LogP contribution in [0.25, 0.3) is 0 Å². The van der Waals surface area contributed by atoms with Crippen LogP contribution in [-0.4, -0.2) is 9.67 Å². The second kappa shape index (κ2) is 6.00. The van der Waals surface area contributed by atoms with Crippen molar-refractivity contribution in [2.75, 3.05) is 0 Å². The lowest BCUT2D eigenvalue weighted by molar-refractivity contribution is 0.127. The molecule has 2 aromatic rings. The number of aromatic nitrogens is 1. The largest absolute Gasteiger partial charge is 0.388 e. The minimum absolute atomic E-state index is 0.204. The summed E-state index contributed by atoms with van der Waals surface area (Å²) < 4.78 is 2.01. The first-order valence-corrected chi connectivity index (χ1v) is 7.00. The highest BCUT2D eigenvalue weighted by molar-refractivity contribution is 6.35. The van der Waals surface area contributed by atoms with Gasteiger partial charge in [-0.3, -0.25) is 0 Å². The van der Waals surface area contributed by atoms with Gasteiger partial charge in [0.15, 0.2) is 0 Å². The third-order valence-corrected chi connectivity index (χ3v) is 3.70. The van der Waals surface area contributed by atoms with Crippen molar-refractivity contribution in [2.45, 2.75) is 26.5 Å². The molecule has 4 heteroatoms. The zero-order valence-corrected chi connectivity index (χ0v) is 12.5. The van der Waals surface area contributed by atoms with E-state index in [-0.39, 0.29) is 5.92 Å². The monoisotopic (exact) mass is 297 g/mol. The van der Waals surface area contributed by atoms with Gasteiger partial charge in [0, 0.05) is 29.0 Å². The number of hydrogen-bond acceptors (Lipinski definition) is 1. The van der Waals surface area contributed by atoms with Gasteiger partial charge in [0.25, 0.3) is 0 Å². The molecule has 19 heavy (non-hydrogen) atoms. The van der Waals surface area contributed by atoms with Crippen molar-refractivity contribution in [3.8, 4) is 0 Å². The Morgan fingerprint density at radius 2 is 1.95 bits per heavy atom. The summed E-state index contributed by atoms with van der Waals surface area (Å²) in [5.74, 6) is 0.204. The summed E-state index contributed by atoms with van der Waals surface area (Å²) in [7, 11) is 0. The Bertz CT molecular complexity index is 563. The van der Waals surface area contributed by atoms with E-state index in [1.54, 1.807) is 6.07 Å². The van der Waals surface area contributed by atoms with Crippen molar-refractivity contribution in [2.24, 2.45) is 5.92 Å². The third kappa shape index (κ3) is 3.53. The van der Waals surface area contributed by atoms with E-state index in [0.29, 0.717) is 16.6 Å². The van der Waals surface area contributed by atoms with Gasteiger partial charge in [-0.05, 0) is 35.2 Å². The first-order valence-electron chi connectivity index (χ1n) is 6.25. The molecule has 2 rings (SSSR count). The number of rotatable bonds is 4. The van der Waals surface area contributed by atoms with Crippen LogP contribution in [0.2, 0.25) is 10.0 Å². The van der Waals surface area contributed by atoms with Gasteiger partial charge < -0.3 is 9.67 Å². The first kappa shape index (κ1) is 14.4. The van der Waals surface area contributed by atoms with Crippen molar-refractivity contribution < 1.29 is 5.11 Å². The smallest absolute Gasteiger partial charge is 0.0827 e. The molecular formula is C15H17Cl2NO. The number of hydrogen-bond donors (Lipinski definition) is 1. The summed E-state index contributed by atoms with van der Waals surface area (Å²) in [6.45, 7) is 4.66. The van der Waals surface area contributed by atoms with Crippen LogP contribution in [0.3, 0.4) is 0 Å². The van der Waals surface area contributed by atoms with Gasteiger partial charge in [-0.25, -0.2) is 0 Å². The summed E-state index contributed by atoms with van der Waals surface area (Å²) in [6, 6.07) is 7.43. The van der Waals surface area contributed by atoms with E-state index >= 15 is 0 Å². The third-order valence-electron chi connectivity index (χ3n) is 3.11. The molecule has 1 heterocycles. The van der Waals surface area contributed by atoms with Crippen LogP contribution in [0, 0.1) is 5.92 Å². The average Bonchev–Trinajstić information content (AvgIpc) is 2.80. The molecule has 0 aliphatic heterocycles. The lowest BCUT2D eigenvalue weighted by Gasteiger charge is -2.12. The Morgan fingerprint density at radius 3 is 2.58 bits per heavy atom. The molecule has 0 saturated carbocycles. The highest BCUT2D eigenvalue weighted by atomic mass is 35.5. The van der Waals surface area contributed by atoms with E-state index in [4.69, 9.17) is 23.2 Å². The number of halogens is 2. The predicted molar refractivity (Wildman–Crippen MR) is 79.8 cm³/mol. The van der Waals surface area contributed by atoms with E-state index in [1.165, 1.54) is 0 Å². The molecule has 2 nitrogen and oxygen atoms in total. The molecule has 0 radical (unpaired) electrons. The van der Waals surface area contributed by atoms with Crippen molar-refractivity contribution in [1.29, 1.82) is 0 Å². The van der Waals surface area contributed by atoms with Gasteiger partial charge >= 0.3 is 0 Å². The van der Waals surface area contributed by atoms with Gasteiger partial charge in [0.05, 0.1) is 6.10 Å². The summed E-state index contributed by atoms with van der Waals surface area (Å²) in [5.41, 5.74) is 1.94. The highest BCUT2D eigenvalue weighted by Gasteiger charge is 2.13. The van der Waals surface area contributed by atoms with Crippen molar-refractivity contribution in [1.82, 2.24) is 4.57 Å². The molecule has 1 N–H and O–H groups in total. The number of nitrogens with zero attached hydrogens (tertiary/aromatic N) is 1. The average molecular weight is 298 g/mol. The molecule has 1 aromatic heterocycles. The van der Waals surface area contributed by atoms with Gasteiger partial charge in [-0.2, -0.15) is 0 Å². The fraction of sp³-hybridized carbons (Fsp3) is 0.333. The minimum Gasteiger partial charge on any atom is -0.388 e. The fourth-order valence-electron chi connectivity index (χ4n) is 1.96. The van der Waals surface area contributed by atoms with E-state index in [9.17, 15) is 5.11 Å². The fourth-order valence-corrected chi connectivity index (χ4v) is 2.43. The van der Waals surface area contributed by atoms with E-state index in [0.717, 1.165) is 11.1 Å². The SMILES string of the molecule is CC(C)C(O)c1ccn(Cc2ccc(Cl)cc2Cl)c1. The maximum absolute atomic E-state index is 10.0. The standard InChI is InChI=1S/C15H17Cl2NO/c1-10(2)15(19)12-5-6-18(9-12)8-11-3-4-13(16)7-14(11)17/h3-7,9-10,15,19H,8H2,1-2H3. The molecule has 0 aliphatic carbocycles. The molecule has 0 aliphatic rings. The summed E-state index contributed by atoms with van der Waals surface area (Å²) in [5, 5.41) is 11.3. The zero-order chi connectivity index (χ0) is 14.0. The van der Waals surface area contributed by atoms with Crippen LogP contribution in [0.5, 0.6) is 0 Å². The summed E-state index contributed by atoms with van der Waals surface area (Å²) in [4.78, 5) is 0. The highest BCUT2D eigenvalue weighted by Crippen LogP contribution is 2.24. The molecular weight excluding hydrogens is 281 g/mol. The molecule has 1 unspecified atom stereocenters. The Balaban J connectivity index is 2.16. The Kier molecular flexibility index (Phi) is 4.56. The summed E-state index contributed by atoms with van der Waals surface area (Å²) >= 11 is 12.0. The van der Waals surface area contributed by atoms with Gasteiger partial charge in [0.2, 0.25) is 0 Å². The molecule has 0 spiro atoms. The molecule has 0 amide bonds.